The van der Waals surface area contributed by atoms with E-state index in [1.807, 2.05) is 0 Å². The predicted octanol–water partition coefficient (Wildman–Crippen LogP) is 1.47. The van der Waals surface area contributed by atoms with Crippen LogP contribution in [-0.4, -0.2) is 32.8 Å². The highest BCUT2D eigenvalue weighted by molar-refractivity contribution is 8.01. The third-order valence-corrected chi connectivity index (χ3v) is 4.48. The molecule has 2 aromatic rings. The number of hydrogen-bond donors (Lipinski definition) is 1. The van der Waals surface area contributed by atoms with Crippen molar-refractivity contribution in [3.8, 4) is 0 Å². The summed E-state index contributed by atoms with van der Waals surface area (Å²) in [4.78, 5) is 25.3. The van der Waals surface area contributed by atoms with Crippen LogP contribution in [0.15, 0.2) is 28.6 Å². The Hall–Kier alpha value is -1.93. The number of nitrogens with zero attached hydrogens (tertiary/aromatic N) is 3. The molecule has 0 atom stereocenters. The number of benzene rings is 1. The van der Waals surface area contributed by atoms with E-state index in [9.17, 15) is 9.59 Å². The lowest BCUT2D eigenvalue weighted by molar-refractivity contribution is 0.0684. The molecule has 0 spiro atoms. The van der Waals surface area contributed by atoms with Crippen LogP contribution in [0.2, 0.25) is 0 Å². The normalized spacial score (nSPS) is 14.0. The molecule has 1 aromatic carbocycles. The highest BCUT2D eigenvalue weighted by Crippen LogP contribution is 2.28. The van der Waals surface area contributed by atoms with Gasteiger partial charge in [0.1, 0.15) is 0 Å². The molecule has 1 aliphatic heterocycles. The van der Waals surface area contributed by atoms with E-state index in [0.717, 1.165) is 0 Å². The Bertz CT molecular complexity index is 635. The predicted molar refractivity (Wildman–Crippen MR) is 72.0 cm³/mol. The van der Waals surface area contributed by atoms with Crippen molar-refractivity contribution >= 4 is 40.0 Å². The van der Waals surface area contributed by atoms with Gasteiger partial charge in [-0.3, -0.25) is 14.5 Å². The molecule has 0 unspecified atom stereocenters. The summed E-state index contributed by atoms with van der Waals surface area (Å²) >= 11 is 2.49. The van der Waals surface area contributed by atoms with Crippen molar-refractivity contribution < 1.29 is 9.59 Å². The van der Waals surface area contributed by atoms with Crippen molar-refractivity contribution in [3.05, 3.63) is 35.4 Å². The van der Waals surface area contributed by atoms with Gasteiger partial charge in [0.15, 0.2) is 4.34 Å². The van der Waals surface area contributed by atoms with Gasteiger partial charge in [-0.15, -0.1) is 10.2 Å². The summed E-state index contributed by atoms with van der Waals surface area (Å²) in [5.74, 6) is -0.336. The molecule has 2 heterocycles. The summed E-state index contributed by atoms with van der Waals surface area (Å²) in [6.07, 6.45) is 0. The number of anilines is 1. The van der Waals surface area contributed by atoms with Crippen LogP contribution in [0.1, 0.15) is 20.7 Å². The van der Waals surface area contributed by atoms with Crippen molar-refractivity contribution in [3.63, 3.8) is 0 Å². The van der Waals surface area contributed by atoms with E-state index in [-0.39, 0.29) is 17.7 Å². The van der Waals surface area contributed by atoms with E-state index in [1.54, 1.807) is 24.3 Å². The standard InChI is InChI=1S/C11H8N4O2S2/c12-10-13-14-11(19-10)18-5-15-8(16)6-3-1-2-4-7(6)9(15)17/h1-4H,5H2,(H2,12,13). The lowest BCUT2D eigenvalue weighted by atomic mass is 10.1. The van der Waals surface area contributed by atoms with Crippen molar-refractivity contribution in [1.29, 1.82) is 0 Å². The maximum atomic E-state index is 12.1. The quantitative estimate of drug-likeness (QED) is 0.680. The van der Waals surface area contributed by atoms with Crippen molar-refractivity contribution in [2.45, 2.75) is 4.34 Å². The van der Waals surface area contributed by atoms with Crippen LogP contribution in [0.25, 0.3) is 0 Å². The fraction of sp³-hybridized carbons (Fsp3) is 0.0909. The molecule has 1 aliphatic rings. The molecule has 1 aromatic heterocycles. The Balaban J connectivity index is 1.77. The second-order valence-electron chi connectivity index (χ2n) is 3.76. The average Bonchev–Trinajstić information content (AvgIpc) is 2.93. The van der Waals surface area contributed by atoms with Gasteiger partial charge in [-0.25, -0.2) is 0 Å². The average molecular weight is 292 g/mol. The zero-order valence-electron chi connectivity index (χ0n) is 9.57. The zero-order valence-corrected chi connectivity index (χ0v) is 11.2. The van der Waals surface area contributed by atoms with Crippen LogP contribution < -0.4 is 5.73 Å². The van der Waals surface area contributed by atoms with Gasteiger partial charge in [0.05, 0.1) is 17.0 Å². The summed E-state index contributed by atoms with van der Waals surface area (Å²) in [6.45, 7) is 0. The van der Waals surface area contributed by atoms with E-state index in [0.29, 0.717) is 20.6 Å². The molecular formula is C11H8N4O2S2. The number of imide groups is 1. The third kappa shape index (κ3) is 2.08. The summed E-state index contributed by atoms with van der Waals surface area (Å²) in [7, 11) is 0. The number of thioether (sulfide) groups is 1. The second-order valence-corrected chi connectivity index (χ2v) is 5.96. The van der Waals surface area contributed by atoms with Crippen LogP contribution in [0.3, 0.4) is 0 Å². The molecule has 2 amide bonds. The molecule has 0 fully saturated rings. The molecule has 0 bridgehead atoms. The molecule has 2 N–H and O–H groups in total. The first-order chi connectivity index (χ1) is 9.16. The monoisotopic (exact) mass is 292 g/mol. The van der Waals surface area contributed by atoms with Crippen molar-refractivity contribution in [2.75, 3.05) is 11.6 Å². The third-order valence-electron chi connectivity index (χ3n) is 2.62. The molecular weight excluding hydrogens is 284 g/mol. The lowest BCUT2D eigenvalue weighted by Gasteiger charge is -2.11. The van der Waals surface area contributed by atoms with E-state index in [2.05, 4.69) is 10.2 Å². The number of nitrogens with two attached hydrogens (primary N) is 1. The Labute approximate surface area is 116 Å². The lowest BCUT2D eigenvalue weighted by Crippen LogP contribution is -2.29. The number of hydrogen-bond acceptors (Lipinski definition) is 7. The van der Waals surface area contributed by atoms with Crippen LogP contribution in [0, 0.1) is 0 Å². The molecule has 6 nitrogen and oxygen atoms in total. The number of carbonyl (C=O) groups excluding carboxylic acids is 2. The largest absolute Gasteiger partial charge is 0.374 e. The van der Waals surface area contributed by atoms with Gasteiger partial charge in [-0.2, -0.15) is 0 Å². The van der Waals surface area contributed by atoms with Crippen LogP contribution in [0.5, 0.6) is 0 Å². The van der Waals surface area contributed by atoms with Gasteiger partial charge in [-0.1, -0.05) is 35.2 Å². The molecule has 0 saturated carbocycles. The second kappa shape index (κ2) is 4.63. The SMILES string of the molecule is Nc1nnc(SCN2C(=O)c3ccccc3C2=O)s1. The molecule has 19 heavy (non-hydrogen) atoms. The number of fused-ring (bicyclic) bond motifs is 1. The summed E-state index contributed by atoms with van der Waals surface area (Å²) in [5.41, 5.74) is 6.37. The molecule has 0 radical (unpaired) electrons. The van der Waals surface area contributed by atoms with E-state index >= 15 is 0 Å². The van der Waals surface area contributed by atoms with Gasteiger partial charge >= 0.3 is 0 Å². The van der Waals surface area contributed by atoms with E-state index < -0.39 is 0 Å². The highest BCUT2D eigenvalue weighted by atomic mass is 32.2. The number of amides is 2. The summed E-state index contributed by atoms with van der Waals surface area (Å²) < 4.78 is 0.633. The Kier molecular flexibility index (Phi) is 2.96. The van der Waals surface area contributed by atoms with Crippen molar-refractivity contribution in [1.82, 2.24) is 15.1 Å². The molecule has 96 valence electrons. The smallest absolute Gasteiger partial charge is 0.262 e. The molecule has 8 heteroatoms. The van der Waals surface area contributed by atoms with Gasteiger partial charge in [0.2, 0.25) is 5.13 Å². The first-order valence-corrected chi connectivity index (χ1v) is 7.14. The van der Waals surface area contributed by atoms with Crippen LogP contribution in [0.4, 0.5) is 5.13 Å². The molecule has 3 rings (SSSR count). The maximum Gasteiger partial charge on any atom is 0.262 e. The summed E-state index contributed by atoms with van der Waals surface area (Å²) in [6, 6.07) is 6.80. The fourth-order valence-corrected chi connectivity index (χ4v) is 3.32. The van der Waals surface area contributed by atoms with Gasteiger partial charge < -0.3 is 5.73 Å². The van der Waals surface area contributed by atoms with Crippen LogP contribution >= 0.6 is 23.1 Å². The van der Waals surface area contributed by atoms with Gasteiger partial charge in [-0.05, 0) is 12.1 Å². The fourth-order valence-electron chi connectivity index (χ4n) is 1.75. The van der Waals surface area contributed by atoms with E-state index in [1.165, 1.54) is 28.0 Å². The van der Waals surface area contributed by atoms with E-state index in [4.69, 9.17) is 5.73 Å². The minimum Gasteiger partial charge on any atom is -0.374 e. The number of aromatic nitrogens is 2. The topological polar surface area (TPSA) is 89.2 Å². The number of rotatable bonds is 3. The van der Waals surface area contributed by atoms with Gasteiger partial charge in [0, 0.05) is 0 Å². The highest BCUT2D eigenvalue weighted by Gasteiger charge is 2.35. The summed E-state index contributed by atoms with van der Waals surface area (Å²) in [5, 5.41) is 7.88. The molecule has 0 aliphatic carbocycles. The minimum atomic E-state index is -0.273. The number of carbonyl (C=O) groups is 2. The van der Waals surface area contributed by atoms with Crippen molar-refractivity contribution in [2.24, 2.45) is 0 Å². The Morgan fingerprint density at radius 3 is 2.32 bits per heavy atom. The first-order valence-electron chi connectivity index (χ1n) is 5.34. The Morgan fingerprint density at radius 2 is 1.79 bits per heavy atom. The zero-order chi connectivity index (χ0) is 13.4. The number of nitrogen functional groups attached to an aromatic ring is 1. The first kappa shape index (κ1) is 12.1. The molecule has 0 saturated heterocycles. The maximum absolute atomic E-state index is 12.1. The van der Waals surface area contributed by atoms with Gasteiger partial charge in [0.25, 0.3) is 11.8 Å². The Morgan fingerprint density at radius 1 is 1.16 bits per heavy atom. The van der Waals surface area contributed by atoms with Crippen LogP contribution in [-0.2, 0) is 0 Å². The minimum absolute atomic E-state index is 0.209.